The third-order valence-corrected chi connectivity index (χ3v) is 4.51. The molecule has 0 radical (unpaired) electrons. The molecule has 1 saturated carbocycles. The number of hydrogen-bond donors (Lipinski definition) is 0. The van der Waals surface area contributed by atoms with Gasteiger partial charge in [-0.1, -0.05) is 32.1 Å². The molecule has 0 aromatic heterocycles. The van der Waals surface area contributed by atoms with Gasteiger partial charge in [0.05, 0.1) is 0 Å². The monoisotopic (exact) mass is 150 g/mol. The molecule has 1 aliphatic rings. The van der Waals surface area contributed by atoms with Crippen molar-refractivity contribution in [2.75, 3.05) is 0 Å². The summed E-state index contributed by atoms with van der Waals surface area (Å²) >= 11 is -0.160. The molecule has 1 aliphatic carbocycles. The van der Waals surface area contributed by atoms with Crippen molar-refractivity contribution in [2.45, 2.75) is 36.2 Å². The first kappa shape index (κ1) is 10.7. The molecule has 0 saturated heterocycles. The Kier molecular flexibility index (Phi) is 7.54. The summed E-state index contributed by atoms with van der Waals surface area (Å²) in [7, 11) is 5.82. The van der Waals surface area contributed by atoms with E-state index in [4.69, 9.17) is 9.07 Å². The van der Waals surface area contributed by atoms with E-state index >= 15 is 0 Å². The molecule has 0 aromatic carbocycles. The maximum absolute atomic E-state index is 5.82. The van der Waals surface area contributed by atoms with Gasteiger partial charge in [-0.3, -0.25) is 0 Å². The van der Waals surface area contributed by atoms with Gasteiger partial charge in [0.15, 0.2) is 0 Å². The molecule has 0 N–H and O–H groups in total. The van der Waals surface area contributed by atoms with Crippen LogP contribution in [0, 0.1) is 0 Å². The number of halogens is 1. The number of rotatable bonds is 1. The molecular weight excluding hydrogens is 139 g/mol. The van der Waals surface area contributed by atoms with Crippen LogP contribution in [0.2, 0.25) is 4.05 Å². The summed E-state index contributed by atoms with van der Waals surface area (Å²) < 4.78 is 0.991. The topological polar surface area (TPSA) is 0 Å². The Bertz CT molecular complexity index is 64.1. The predicted molar refractivity (Wildman–Crippen MR) is 45.6 cm³/mol. The quantitative estimate of drug-likeness (QED) is 0.502. The first-order chi connectivity index (χ1) is 3.93. The fraction of sp³-hybridized carbons (Fsp3) is 1.00. The Morgan fingerprint density at radius 1 is 1.11 bits per heavy atom. The van der Waals surface area contributed by atoms with Gasteiger partial charge in [0.25, 0.3) is 0 Å². The van der Waals surface area contributed by atoms with Crippen molar-refractivity contribution in [2.24, 2.45) is 0 Å². The molecule has 0 unspecified atom stereocenters. The Morgan fingerprint density at radius 3 is 2.00 bits per heavy atom. The summed E-state index contributed by atoms with van der Waals surface area (Å²) in [6.45, 7) is 0. The van der Waals surface area contributed by atoms with Crippen LogP contribution in [0.1, 0.15) is 32.1 Å². The maximum atomic E-state index is 5.82. The molecule has 0 bridgehead atoms. The van der Waals surface area contributed by atoms with Crippen molar-refractivity contribution in [3.05, 3.63) is 0 Å². The third kappa shape index (κ3) is 4.16. The van der Waals surface area contributed by atoms with Crippen LogP contribution in [0.5, 0.6) is 0 Å². The van der Waals surface area contributed by atoms with Crippen LogP contribution >= 0.6 is 9.07 Å². The van der Waals surface area contributed by atoms with Crippen molar-refractivity contribution in [3.8, 4) is 0 Å². The minimum absolute atomic E-state index is 0. The molecule has 0 amide bonds. The summed E-state index contributed by atoms with van der Waals surface area (Å²) in [5.41, 5.74) is 0. The fourth-order valence-electron chi connectivity index (χ4n) is 1.34. The van der Waals surface area contributed by atoms with Crippen molar-refractivity contribution >= 4 is 47.2 Å². The summed E-state index contributed by atoms with van der Waals surface area (Å²) in [5, 5.41) is 0. The van der Waals surface area contributed by atoms with Crippen LogP contribution in [0.25, 0.3) is 0 Å². The second-order valence-corrected chi connectivity index (χ2v) is 5.05. The molecule has 0 spiro atoms. The van der Waals surface area contributed by atoms with Gasteiger partial charge in [-0.2, -0.15) is 0 Å². The van der Waals surface area contributed by atoms with Crippen molar-refractivity contribution < 1.29 is 0 Å². The van der Waals surface area contributed by atoms with Crippen LogP contribution in [0.3, 0.4) is 0 Å². The van der Waals surface area contributed by atoms with Crippen LogP contribution < -0.4 is 0 Å². The van der Waals surface area contributed by atoms with Gasteiger partial charge in [-0.05, 0) is 0 Å². The van der Waals surface area contributed by atoms with Crippen LogP contribution in [0.4, 0.5) is 0 Å². The van der Waals surface area contributed by atoms with E-state index in [9.17, 15) is 0 Å². The average Bonchev–Trinajstić information content (AvgIpc) is 1.90. The zero-order valence-electron chi connectivity index (χ0n) is 5.20. The van der Waals surface area contributed by atoms with Crippen molar-refractivity contribution in [1.82, 2.24) is 0 Å². The SMILES string of the molecule is [Cl][Mg][CH]1CCCCC1.[LiH]. The minimum atomic E-state index is -0.160. The summed E-state index contributed by atoms with van der Waals surface area (Å²) in [5.74, 6) is 0. The van der Waals surface area contributed by atoms with E-state index in [1.165, 1.54) is 32.1 Å². The Balaban J connectivity index is 0.000000640. The summed E-state index contributed by atoms with van der Waals surface area (Å²) in [4.78, 5) is 0. The standard InChI is InChI=1S/C6H11.ClH.Li.Mg.H/c1-2-4-6-5-3-1;;;;/h1H,2-6H2;1H;;;/q;;;+1;/p-1. The molecule has 0 atom stereocenters. The van der Waals surface area contributed by atoms with Crippen molar-refractivity contribution in [3.63, 3.8) is 0 Å². The Morgan fingerprint density at radius 2 is 1.67 bits per heavy atom. The zero-order valence-corrected chi connectivity index (χ0v) is 7.37. The van der Waals surface area contributed by atoms with Crippen LogP contribution in [-0.2, 0) is 0 Å². The van der Waals surface area contributed by atoms with Gasteiger partial charge < -0.3 is 9.07 Å². The average molecular weight is 151 g/mol. The van der Waals surface area contributed by atoms with E-state index in [1.807, 2.05) is 0 Å². The normalized spacial score (nSPS) is 20.1. The molecule has 9 heavy (non-hydrogen) atoms. The summed E-state index contributed by atoms with van der Waals surface area (Å²) in [6.07, 6.45) is 7.24. The molecule has 0 aromatic rings. The Hall–Kier alpha value is 1.65. The molecule has 46 valence electrons. The number of hydrogen-bond acceptors (Lipinski definition) is 0. The van der Waals surface area contributed by atoms with E-state index in [-0.39, 0.29) is 38.1 Å². The van der Waals surface area contributed by atoms with E-state index in [1.54, 1.807) is 0 Å². The van der Waals surface area contributed by atoms with E-state index in [0.717, 1.165) is 4.05 Å². The molecular formula is C6H12ClLiMg. The first-order valence-electron chi connectivity index (χ1n) is 3.49. The Labute approximate surface area is 82.8 Å². The van der Waals surface area contributed by atoms with Crippen LogP contribution in [0.15, 0.2) is 0 Å². The van der Waals surface area contributed by atoms with Gasteiger partial charge in [-0.15, -0.1) is 4.05 Å². The molecule has 1 fully saturated rings. The van der Waals surface area contributed by atoms with Crippen molar-refractivity contribution in [1.29, 1.82) is 0 Å². The molecule has 0 heterocycles. The van der Waals surface area contributed by atoms with Crippen LogP contribution in [-0.4, -0.2) is 38.1 Å². The molecule has 0 aliphatic heterocycles. The van der Waals surface area contributed by atoms with Gasteiger partial charge in [-0.25, -0.2) is 0 Å². The second kappa shape index (κ2) is 6.37. The molecule has 0 nitrogen and oxygen atoms in total. The summed E-state index contributed by atoms with van der Waals surface area (Å²) in [6, 6.07) is 0. The van der Waals surface area contributed by atoms with E-state index in [2.05, 4.69) is 0 Å². The zero-order chi connectivity index (χ0) is 5.82. The fourth-order valence-corrected chi connectivity index (χ4v) is 3.15. The third-order valence-electron chi connectivity index (χ3n) is 1.94. The second-order valence-electron chi connectivity index (χ2n) is 2.66. The predicted octanol–water partition coefficient (Wildman–Crippen LogP) is 1.95. The molecule has 3 heteroatoms. The van der Waals surface area contributed by atoms with E-state index < -0.39 is 0 Å². The van der Waals surface area contributed by atoms with Gasteiger partial charge in [0, 0.05) is 0 Å². The van der Waals surface area contributed by atoms with E-state index in [0.29, 0.717) is 0 Å². The van der Waals surface area contributed by atoms with Gasteiger partial charge in [0.1, 0.15) is 0 Å². The van der Waals surface area contributed by atoms with Gasteiger partial charge >= 0.3 is 38.1 Å². The first-order valence-corrected chi connectivity index (χ1v) is 6.45. The van der Waals surface area contributed by atoms with Gasteiger partial charge in [0.2, 0.25) is 0 Å². The molecule has 1 rings (SSSR count).